The first-order chi connectivity index (χ1) is 13.5. The van der Waals surface area contributed by atoms with E-state index in [9.17, 15) is 4.79 Å². The van der Waals surface area contributed by atoms with Crippen molar-refractivity contribution in [3.05, 3.63) is 60.6 Å². The first kappa shape index (κ1) is 20.1. The van der Waals surface area contributed by atoms with E-state index in [0.717, 1.165) is 35.9 Å². The number of amides is 1. The second-order valence-corrected chi connectivity index (χ2v) is 8.21. The molecule has 0 saturated heterocycles. The largest absolute Gasteiger partial charge is 0.349 e. The zero-order valence-corrected chi connectivity index (χ0v) is 17.4. The fourth-order valence-corrected chi connectivity index (χ4v) is 3.70. The number of nitrogens with one attached hydrogen (secondary N) is 1. The molecule has 3 rings (SSSR count). The van der Waals surface area contributed by atoms with Crippen LogP contribution in [0.2, 0.25) is 0 Å². The molecule has 0 unspecified atom stereocenters. The van der Waals surface area contributed by atoms with Gasteiger partial charge in [0.05, 0.1) is 5.52 Å². The van der Waals surface area contributed by atoms with E-state index in [0.29, 0.717) is 17.4 Å². The van der Waals surface area contributed by atoms with Crippen molar-refractivity contribution >= 4 is 16.8 Å². The lowest BCUT2D eigenvalue weighted by molar-refractivity contribution is 0.0926. The number of benzene rings is 1. The Labute approximate surface area is 168 Å². The lowest BCUT2D eigenvalue weighted by atomic mass is 9.93. The molecule has 0 bridgehead atoms. The summed E-state index contributed by atoms with van der Waals surface area (Å²) in [6.45, 7) is 8.89. The van der Waals surface area contributed by atoms with E-state index in [4.69, 9.17) is 0 Å². The van der Waals surface area contributed by atoms with Crippen molar-refractivity contribution in [3.63, 3.8) is 0 Å². The minimum atomic E-state index is 0.0123. The van der Waals surface area contributed by atoms with Crippen LogP contribution in [0.25, 0.3) is 16.6 Å². The quantitative estimate of drug-likeness (QED) is 0.555. The van der Waals surface area contributed by atoms with E-state index >= 15 is 0 Å². The second-order valence-electron chi connectivity index (χ2n) is 8.21. The molecule has 0 aliphatic carbocycles. The van der Waals surface area contributed by atoms with Gasteiger partial charge in [0.2, 0.25) is 0 Å². The smallest absolute Gasteiger partial charge is 0.251 e. The van der Waals surface area contributed by atoms with Gasteiger partial charge in [-0.05, 0) is 60.4 Å². The van der Waals surface area contributed by atoms with Crippen molar-refractivity contribution in [2.24, 2.45) is 11.8 Å². The van der Waals surface area contributed by atoms with E-state index in [1.807, 2.05) is 36.5 Å². The van der Waals surface area contributed by atoms with Crippen LogP contribution in [0, 0.1) is 11.8 Å². The van der Waals surface area contributed by atoms with E-state index < -0.39 is 0 Å². The molecule has 3 aromatic rings. The van der Waals surface area contributed by atoms with Crippen molar-refractivity contribution in [1.29, 1.82) is 0 Å². The average Bonchev–Trinajstić information content (AvgIpc) is 3.11. The molecule has 1 amide bonds. The van der Waals surface area contributed by atoms with E-state index in [-0.39, 0.29) is 11.9 Å². The zero-order chi connectivity index (χ0) is 20.1. The molecule has 148 valence electrons. The maximum Gasteiger partial charge on any atom is 0.251 e. The van der Waals surface area contributed by atoms with Crippen LogP contribution in [0.4, 0.5) is 0 Å². The van der Waals surface area contributed by atoms with E-state index in [1.54, 1.807) is 12.4 Å². The Morgan fingerprint density at radius 3 is 2.50 bits per heavy atom. The summed E-state index contributed by atoms with van der Waals surface area (Å²) in [5, 5.41) is 4.41. The second kappa shape index (κ2) is 9.05. The fraction of sp³-hybridized carbons (Fsp3) is 0.417. The Kier molecular flexibility index (Phi) is 6.50. The van der Waals surface area contributed by atoms with Gasteiger partial charge < -0.3 is 9.88 Å². The summed E-state index contributed by atoms with van der Waals surface area (Å²) in [7, 11) is 0. The van der Waals surface area contributed by atoms with Crippen LogP contribution >= 0.6 is 0 Å². The Bertz CT molecular complexity index is 914. The summed E-state index contributed by atoms with van der Waals surface area (Å²) in [5.41, 5.74) is 2.78. The van der Waals surface area contributed by atoms with Gasteiger partial charge >= 0.3 is 0 Å². The molecular weight excluding hydrogens is 346 g/mol. The van der Waals surface area contributed by atoms with E-state index in [2.05, 4.69) is 48.6 Å². The third-order valence-electron chi connectivity index (χ3n) is 5.37. The maximum atomic E-state index is 13.0. The number of carbonyl (C=O) groups excluding carboxylic acids is 1. The summed E-state index contributed by atoms with van der Waals surface area (Å²) in [5.74, 6) is 1.18. The average molecular weight is 378 g/mol. The summed E-state index contributed by atoms with van der Waals surface area (Å²) in [6.07, 6.45) is 8.76. The van der Waals surface area contributed by atoms with Gasteiger partial charge in [0.1, 0.15) is 0 Å². The van der Waals surface area contributed by atoms with Gasteiger partial charge in [0.25, 0.3) is 5.91 Å². The molecule has 0 radical (unpaired) electrons. The first-order valence-electron chi connectivity index (χ1n) is 10.3. The maximum absolute atomic E-state index is 13.0. The van der Waals surface area contributed by atoms with Crippen molar-refractivity contribution < 1.29 is 4.79 Å². The molecule has 2 atom stereocenters. The van der Waals surface area contributed by atoms with Gasteiger partial charge in [-0.3, -0.25) is 9.78 Å². The molecule has 0 aliphatic heterocycles. The van der Waals surface area contributed by atoms with Gasteiger partial charge in [-0.15, -0.1) is 0 Å². The normalized spacial score (nSPS) is 13.6. The van der Waals surface area contributed by atoms with Gasteiger partial charge in [0.15, 0.2) is 0 Å². The molecular formula is C24H31N3O. The molecule has 0 spiro atoms. The molecule has 1 N–H and O–H groups in total. The van der Waals surface area contributed by atoms with Gasteiger partial charge in [-0.1, -0.05) is 40.2 Å². The highest BCUT2D eigenvalue weighted by molar-refractivity contribution is 5.98. The summed E-state index contributed by atoms with van der Waals surface area (Å²) >= 11 is 0. The minimum Gasteiger partial charge on any atom is -0.349 e. The third-order valence-corrected chi connectivity index (χ3v) is 5.37. The topological polar surface area (TPSA) is 46.9 Å². The number of nitrogens with zero attached hydrogens (tertiary/aromatic N) is 2. The van der Waals surface area contributed by atoms with Crippen LogP contribution in [0.1, 0.15) is 57.3 Å². The SMILES string of the molecule is CC[C@H](C)C[C@@H](CC(C)C)NC(=O)c1ccc2ccn(-c3ccncc3)c2c1. The van der Waals surface area contributed by atoms with Crippen LogP contribution in [0.15, 0.2) is 55.0 Å². The van der Waals surface area contributed by atoms with Crippen LogP contribution in [-0.4, -0.2) is 21.5 Å². The first-order valence-corrected chi connectivity index (χ1v) is 10.3. The molecule has 0 fully saturated rings. The number of fused-ring (bicyclic) bond motifs is 1. The van der Waals surface area contributed by atoms with Crippen molar-refractivity contribution in [3.8, 4) is 5.69 Å². The van der Waals surface area contributed by atoms with Crippen molar-refractivity contribution in [2.45, 2.75) is 53.0 Å². The van der Waals surface area contributed by atoms with Crippen molar-refractivity contribution in [1.82, 2.24) is 14.9 Å². The van der Waals surface area contributed by atoms with Gasteiger partial charge in [0, 0.05) is 35.9 Å². The fourth-order valence-electron chi connectivity index (χ4n) is 3.70. The van der Waals surface area contributed by atoms with Crippen LogP contribution in [0.3, 0.4) is 0 Å². The molecule has 2 aromatic heterocycles. The number of aromatic nitrogens is 2. The molecule has 0 saturated carbocycles. The highest BCUT2D eigenvalue weighted by atomic mass is 16.1. The summed E-state index contributed by atoms with van der Waals surface area (Å²) in [4.78, 5) is 17.1. The van der Waals surface area contributed by atoms with E-state index in [1.165, 1.54) is 0 Å². The van der Waals surface area contributed by atoms with Crippen LogP contribution in [0.5, 0.6) is 0 Å². The predicted molar refractivity (Wildman–Crippen MR) is 116 cm³/mol. The highest BCUT2D eigenvalue weighted by Gasteiger charge is 2.18. The van der Waals surface area contributed by atoms with Gasteiger partial charge in [-0.2, -0.15) is 0 Å². The molecule has 1 aromatic carbocycles. The number of carbonyl (C=O) groups is 1. The number of pyridine rings is 1. The lowest BCUT2D eigenvalue weighted by Gasteiger charge is -2.23. The number of rotatable bonds is 8. The molecule has 4 nitrogen and oxygen atoms in total. The highest BCUT2D eigenvalue weighted by Crippen LogP contribution is 2.22. The Morgan fingerprint density at radius 2 is 1.82 bits per heavy atom. The Hall–Kier alpha value is -2.62. The third kappa shape index (κ3) is 4.80. The standard InChI is InChI=1S/C24H31N3O/c1-5-18(4)15-21(14-17(2)3)26-24(28)20-7-6-19-10-13-27(23(19)16-20)22-8-11-25-12-9-22/h6-13,16-18,21H,5,14-15H2,1-4H3,(H,26,28)/t18-,21+/m0/s1. The number of hydrogen-bond acceptors (Lipinski definition) is 2. The Morgan fingerprint density at radius 1 is 1.07 bits per heavy atom. The van der Waals surface area contributed by atoms with Crippen LogP contribution in [-0.2, 0) is 0 Å². The van der Waals surface area contributed by atoms with Gasteiger partial charge in [-0.25, -0.2) is 0 Å². The Balaban J connectivity index is 1.84. The predicted octanol–water partition coefficient (Wildman–Crippen LogP) is 5.61. The monoisotopic (exact) mass is 377 g/mol. The van der Waals surface area contributed by atoms with Crippen LogP contribution < -0.4 is 5.32 Å². The number of hydrogen-bond donors (Lipinski definition) is 1. The van der Waals surface area contributed by atoms with Crippen molar-refractivity contribution in [2.75, 3.05) is 0 Å². The molecule has 0 aliphatic rings. The zero-order valence-electron chi connectivity index (χ0n) is 17.4. The molecule has 28 heavy (non-hydrogen) atoms. The summed E-state index contributed by atoms with van der Waals surface area (Å²) < 4.78 is 2.10. The lowest BCUT2D eigenvalue weighted by Crippen LogP contribution is -2.37. The minimum absolute atomic E-state index is 0.0123. The molecule has 2 heterocycles. The summed E-state index contributed by atoms with van der Waals surface area (Å²) in [6, 6.07) is 12.2. The molecule has 4 heteroatoms.